The highest BCUT2D eigenvalue weighted by Gasteiger charge is 2.21. The first kappa shape index (κ1) is 41.5. The van der Waals surface area contributed by atoms with Crippen molar-refractivity contribution in [3.05, 3.63) is 218 Å². The average Bonchev–Trinajstić information content (AvgIpc) is 4.11. The maximum atomic E-state index is 6.32. The van der Waals surface area contributed by atoms with E-state index in [2.05, 4.69) is 182 Å². The maximum Gasteiger partial charge on any atom is 0.164 e. The second-order valence-electron chi connectivity index (χ2n) is 17.8. The number of benzene rings is 10. The summed E-state index contributed by atoms with van der Waals surface area (Å²) in [5, 5.41) is 9.52. The molecule has 4 aromatic heterocycles. The molecule has 5 nitrogen and oxygen atoms in total. The van der Waals surface area contributed by atoms with Crippen LogP contribution < -0.4 is 0 Å². The van der Waals surface area contributed by atoms with Crippen molar-refractivity contribution >= 4 is 86.0 Å². The van der Waals surface area contributed by atoms with Crippen LogP contribution in [0.5, 0.6) is 0 Å². The van der Waals surface area contributed by atoms with E-state index in [4.69, 9.17) is 19.4 Å². The number of thiophene rings is 1. The first-order valence-corrected chi connectivity index (χ1v) is 24.7. The van der Waals surface area contributed by atoms with Crippen LogP contribution in [0.4, 0.5) is 0 Å². The molecule has 14 rings (SSSR count). The predicted molar refractivity (Wildman–Crippen MR) is 295 cm³/mol. The highest BCUT2D eigenvalue weighted by Crippen LogP contribution is 2.43. The first-order valence-electron chi connectivity index (χ1n) is 23.9. The van der Waals surface area contributed by atoms with E-state index in [0.717, 1.165) is 66.5 Å². The van der Waals surface area contributed by atoms with Gasteiger partial charge in [0.2, 0.25) is 0 Å². The zero-order chi connectivity index (χ0) is 46.7. The summed E-state index contributed by atoms with van der Waals surface area (Å²) in [6.45, 7) is 4.25. The van der Waals surface area contributed by atoms with E-state index in [0.29, 0.717) is 17.5 Å². The predicted octanol–water partition coefficient (Wildman–Crippen LogP) is 18.1. The lowest BCUT2D eigenvalue weighted by molar-refractivity contribution is 0.669. The fraction of sp³-hybridized carbons (Fsp3) is 0.0469. The Morgan fingerprint density at radius 1 is 0.371 bits per heavy atom. The molecule has 14 aromatic rings. The van der Waals surface area contributed by atoms with Crippen molar-refractivity contribution in [2.24, 2.45) is 0 Å². The van der Waals surface area contributed by atoms with Crippen molar-refractivity contribution in [1.29, 1.82) is 0 Å². The summed E-state index contributed by atoms with van der Waals surface area (Å²) >= 11 is 1.86. The highest BCUT2D eigenvalue weighted by atomic mass is 32.1. The molecule has 332 valence electrons. The van der Waals surface area contributed by atoms with E-state index in [1.807, 2.05) is 65.9 Å². The smallest absolute Gasteiger partial charge is 0.164 e. The quantitative estimate of drug-likeness (QED) is 0.167. The normalized spacial score (nSPS) is 11.6. The van der Waals surface area contributed by atoms with Crippen LogP contribution in [0.1, 0.15) is 20.3 Å². The average molecular weight is 917 g/mol. The van der Waals surface area contributed by atoms with Gasteiger partial charge in [-0.05, 0) is 70.6 Å². The molecular weight excluding hydrogens is 873 g/mol. The lowest BCUT2D eigenvalue weighted by Crippen LogP contribution is -2.01. The van der Waals surface area contributed by atoms with Crippen LogP contribution >= 0.6 is 11.3 Å². The summed E-state index contributed by atoms with van der Waals surface area (Å²) in [5.41, 5.74) is 12.3. The van der Waals surface area contributed by atoms with Crippen molar-refractivity contribution in [2.75, 3.05) is 0 Å². The minimum Gasteiger partial charge on any atom is -0.456 e. The Morgan fingerprint density at radius 2 is 0.929 bits per heavy atom. The van der Waals surface area contributed by atoms with Crippen molar-refractivity contribution in [1.82, 2.24) is 19.5 Å². The van der Waals surface area contributed by atoms with Crippen LogP contribution in [-0.2, 0) is 0 Å². The van der Waals surface area contributed by atoms with Crippen molar-refractivity contribution in [3.8, 4) is 62.1 Å². The van der Waals surface area contributed by atoms with Crippen LogP contribution in [0.15, 0.2) is 223 Å². The Labute approximate surface area is 408 Å². The monoisotopic (exact) mass is 916 g/mol. The zero-order valence-corrected chi connectivity index (χ0v) is 39.4. The molecule has 6 heteroatoms. The zero-order valence-electron chi connectivity index (χ0n) is 38.6. The third-order valence-corrected chi connectivity index (χ3v) is 14.4. The van der Waals surface area contributed by atoms with E-state index in [1.54, 1.807) is 0 Å². The number of furan rings is 1. The third-order valence-electron chi connectivity index (χ3n) is 13.2. The second-order valence-corrected chi connectivity index (χ2v) is 18.9. The molecular formula is C64H44N4OS. The Hall–Kier alpha value is -8.71. The van der Waals surface area contributed by atoms with Gasteiger partial charge < -0.3 is 8.98 Å². The van der Waals surface area contributed by atoms with Gasteiger partial charge in [-0.25, -0.2) is 15.0 Å². The van der Waals surface area contributed by atoms with E-state index in [9.17, 15) is 0 Å². The van der Waals surface area contributed by atoms with E-state index >= 15 is 0 Å². The molecule has 0 radical (unpaired) electrons. The summed E-state index contributed by atoms with van der Waals surface area (Å²) in [7, 11) is 0. The largest absolute Gasteiger partial charge is 0.456 e. The SMILES string of the molecule is CCC.c1ccc(-c2nc(-c3cccc(-n4c5c(-c6cccc(-c7ccc8c(c7)sc7ccccc78)c6)cccc5c5ccc6ccccc6c54)c3)nc(-c3ccc4c(c3)oc3ccccc34)n2)cc1. The highest BCUT2D eigenvalue weighted by molar-refractivity contribution is 7.25. The van der Waals surface area contributed by atoms with Crippen LogP contribution in [0.25, 0.3) is 137 Å². The van der Waals surface area contributed by atoms with Gasteiger partial charge in [-0.15, -0.1) is 11.3 Å². The number of nitrogens with zero attached hydrogens (tertiary/aromatic N) is 4. The van der Waals surface area contributed by atoms with Gasteiger partial charge in [0.05, 0.1) is 11.0 Å². The van der Waals surface area contributed by atoms with Gasteiger partial charge >= 0.3 is 0 Å². The molecule has 0 amide bonds. The number of hydrogen-bond acceptors (Lipinski definition) is 5. The van der Waals surface area contributed by atoms with Gasteiger partial charge in [-0.2, -0.15) is 0 Å². The molecule has 0 saturated carbocycles. The molecule has 0 aliphatic heterocycles. The summed E-state index contributed by atoms with van der Waals surface area (Å²) in [6.07, 6.45) is 1.25. The number of para-hydroxylation sites is 2. The Morgan fingerprint density at radius 3 is 1.79 bits per heavy atom. The number of hydrogen-bond donors (Lipinski definition) is 0. The van der Waals surface area contributed by atoms with Crippen molar-refractivity contribution < 1.29 is 4.42 Å². The van der Waals surface area contributed by atoms with Crippen LogP contribution in [0.2, 0.25) is 0 Å². The number of aromatic nitrogens is 4. The minimum atomic E-state index is 0.577. The standard InChI is InChI=1S/C61H36N4OS.C3H8/c1-2-14-38(15-3-1)59-62-60(64-61(63-59)43-29-30-48-47-21-6-8-25-53(47)66-54(48)35-43)42-18-11-19-44(34-42)65-57-45-20-5-4-13-37(45)27-32-52(57)51-24-12-23-46(58(51)65)41-17-10-16-39(33-41)40-28-31-50-49-22-7-9-26-55(49)67-56(50)36-40;1-3-2/h1-36H;3H2,1-2H3. The van der Waals surface area contributed by atoms with Gasteiger partial charge in [0, 0.05) is 75.0 Å². The lowest BCUT2D eigenvalue weighted by Gasteiger charge is -2.15. The fourth-order valence-corrected chi connectivity index (χ4v) is 11.2. The molecule has 0 saturated heterocycles. The summed E-state index contributed by atoms with van der Waals surface area (Å²) < 4.78 is 11.4. The fourth-order valence-electron chi connectivity index (χ4n) is 10.1. The van der Waals surface area contributed by atoms with Crippen LogP contribution in [-0.4, -0.2) is 19.5 Å². The number of fused-ring (bicyclic) bond motifs is 11. The van der Waals surface area contributed by atoms with Gasteiger partial charge in [0.25, 0.3) is 0 Å². The molecule has 70 heavy (non-hydrogen) atoms. The topological polar surface area (TPSA) is 56.7 Å². The van der Waals surface area contributed by atoms with E-state index < -0.39 is 0 Å². The molecule has 0 bridgehead atoms. The summed E-state index contributed by atoms with van der Waals surface area (Å²) in [4.78, 5) is 15.5. The molecule has 4 heterocycles. The van der Waals surface area contributed by atoms with Gasteiger partial charge in [0.1, 0.15) is 11.2 Å². The third kappa shape index (κ3) is 7.03. The van der Waals surface area contributed by atoms with Crippen LogP contribution in [0.3, 0.4) is 0 Å². The molecule has 0 fully saturated rings. The molecule has 10 aromatic carbocycles. The molecule has 0 aliphatic carbocycles. The van der Waals surface area contributed by atoms with Crippen LogP contribution in [0, 0.1) is 0 Å². The lowest BCUT2D eigenvalue weighted by atomic mass is 9.97. The molecule has 0 N–H and O–H groups in total. The van der Waals surface area contributed by atoms with Crippen molar-refractivity contribution in [2.45, 2.75) is 20.3 Å². The van der Waals surface area contributed by atoms with E-state index in [1.165, 1.54) is 59.3 Å². The van der Waals surface area contributed by atoms with Gasteiger partial charge in [-0.3, -0.25) is 0 Å². The second kappa shape index (κ2) is 17.1. The minimum absolute atomic E-state index is 0.577. The molecule has 0 spiro atoms. The Balaban J connectivity index is 0.00000156. The van der Waals surface area contributed by atoms with Gasteiger partial charge in [-0.1, -0.05) is 190 Å². The summed E-state index contributed by atoms with van der Waals surface area (Å²) in [6, 6.07) is 77.7. The molecule has 0 atom stereocenters. The summed E-state index contributed by atoms with van der Waals surface area (Å²) in [5.74, 6) is 1.77. The van der Waals surface area contributed by atoms with Gasteiger partial charge in [0.15, 0.2) is 17.5 Å². The molecule has 0 unspecified atom stereocenters. The van der Waals surface area contributed by atoms with Crippen molar-refractivity contribution in [3.63, 3.8) is 0 Å². The van der Waals surface area contributed by atoms with E-state index in [-0.39, 0.29) is 0 Å². The first-order chi connectivity index (χ1) is 34.6. The molecule has 0 aliphatic rings. The Bertz CT molecular complexity index is 4310. The number of rotatable bonds is 6. The Kier molecular flexibility index (Phi) is 10.1. The maximum absolute atomic E-state index is 6.32.